The number of hydrogen-bond donors (Lipinski definition) is 0. The molecular formula is C82H23NO2SSi. The minimum absolute atomic E-state index is 0.0114. The van der Waals surface area contributed by atoms with Gasteiger partial charge in [0.05, 0.1) is 10.3 Å². The van der Waals surface area contributed by atoms with Gasteiger partial charge < -0.3 is 0 Å². The molecule has 378 valence electrons. The summed E-state index contributed by atoms with van der Waals surface area (Å²) in [6, 6.07) is 15.3. The third-order valence-corrected chi connectivity index (χ3v) is 30.8. The smallest absolute Gasteiger partial charge is 0.258 e. The molecule has 5 heteroatoms. The van der Waals surface area contributed by atoms with Gasteiger partial charge in [0.15, 0.2) is 0 Å². The Morgan fingerprint density at radius 2 is 0.644 bits per heavy atom. The maximum atomic E-state index is 13.5. The average molecular weight is 1110 g/mol. The summed E-state index contributed by atoms with van der Waals surface area (Å²) in [7, 11) is -1.13. The van der Waals surface area contributed by atoms with Crippen molar-refractivity contribution in [3.63, 3.8) is 0 Å². The Bertz CT molecular complexity index is 8250. The lowest BCUT2D eigenvalue weighted by molar-refractivity contribution is -0.385. The molecule has 30 aromatic rings. The predicted molar refractivity (Wildman–Crippen MR) is 371 cm³/mol. The highest BCUT2D eigenvalue weighted by molar-refractivity contribution is 7.99. The van der Waals surface area contributed by atoms with Gasteiger partial charge in [-0.05, 0) is 368 Å². The second kappa shape index (κ2) is 9.33. The fourth-order valence-electron chi connectivity index (χ4n) is 26.2. The molecular weight excluding hydrogens is 1090 g/mol. The molecule has 0 N–H and O–H groups in total. The van der Waals surface area contributed by atoms with Crippen LogP contribution in [0.2, 0.25) is 25.7 Å². The Balaban J connectivity index is 0.837. The molecule has 3 nitrogen and oxygen atoms in total. The van der Waals surface area contributed by atoms with Crippen LogP contribution in [0.3, 0.4) is 0 Å². The molecule has 0 bridgehead atoms. The Labute approximate surface area is 487 Å². The summed E-state index contributed by atoms with van der Waals surface area (Å²) in [6.07, 6.45) is 0. The highest BCUT2D eigenvalue weighted by Crippen LogP contribution is 2.84. The zero-order valence-electron chi connectivity index (χ0n) is 46.1. The van der Waals surface area contributed by atoms with E-state index < -0.39 is 18.9 Å². The molecule has 0 saturated carbocycles. The number of nitro benzene ring substituents is 1. The van der Waals surface area contributed by atoms with Crippen molar-refractivity contribution >= 4 is 316 Å². The van der Waals surface area contributed by atoms with Crippen molar-refractivity contribution in [3.8, 4) is 23.7 Å². The standard InChI is InChI=1S/C82H23NO2SSi/c1-81-77-69-61-51-41-33-25-23-24-27-31-29(25)37-45-39(31)49-43-35(27)36-28(24)32-30-26(23)34(33)42-48-38(30)46-40(32)50-44(36)54-53(43)65-59(49)67-57(45)63(55(61)47(37)41)71(77)73(67)79-75(65)76-66(54)60(50)68-58(46)64-56(48)62(52(42)51)70(69)78(81)72(64)74(68)80(76)82(79,81)14-13-19-6-10-20(22(17-19)83(84)85)9-5-18-7-11-21(12-8-18)86-15-16-87(2,3)4/h6-8,10-12,17H,15-16H2,1-4H3. The second-order valence-electron chi connectivity index (χ2n) is 30.8. The van der Waals surface area contributed by atoms with Gasteiger partial charge in [-0.25, -0.2) is 0 Å². The summed E-state index contributed by atoms with van der Waals surface area (Å²) >= 11 is 1.90. The van der Waals surface area contributed by atoms with Crippen LogP contribution < -0.4 is 0 Å². The number of benzene rings is 20. The molecule has 0 amide bonds. The Morgan fingerprint density at radius 3 is 0.931 bits per heavy atom. The number of nitrogens with zero attached hydrogens (tertiary/aromatic N) is 1. The maximum Gasteiger partial charge on any atom is 0.286 e. The summed E-state index contributed by atoms with van der Waals surface area (Å²) in [4.78, 5) is 14.5. The van der Waals surface area contributed by atoms with Crippen LogP contribution in [0.25, 0.3) is 291 Å². The SMILES string of the molecule is CC12c3c4c5c6c7c8c(c9c%10c1c1c3c3c%11c4c4c5c5c7c7c%12c8c8c9c9c%10c%10c1c1c3c3c%11c%11c4c4c5c7c5c7c%12c8c8c9c9c%10c1c1c3c3c%11c4c5c4c7c8c9c1c34)C62C#Cc1ccc(C#Cc2ccc(SCC[Si](C)(C)C)cc2)c([N+](=O)[O-])c1. The van der Waals surface area contributed by atoms with E-state index in [-0.39, 0.29) is 10.6 Å². The van der Waals surface area contributed by atoms with Gasteiger partial charge in [0, 0.05) is 35.6 Å². The number of hydrogen-bond acceptors (Lipinski definition) is 3. The van der Waals surface area contributed by atoms with Gasteiger partial charge in [-0.1, -0.05) is 43.3 Å². The number of thioether (sulfide) groups is 1. The minimum Gasteiger partial charge on any atom is -0.258 e. The first-order chi connectivity index (χ1) is 42.7. The zero-order chi connectivity index (χ0) is 54.3. The Hall–Kier alpha value is -10.0. The van der Waals surface area contributed by atoms with Gasteiger partial charge in [0.2, 0.25) is 0 Å². The highest BCUT2D eigenvalue weighted by atomic mass is 32.2. The molecule has 30 aromatic carbocycles. The van der Waals surface area contributed by atoms with Gasteiger partial charge in [0.25, 0.3) is 5.69 Å². The quantitative estimate of drug-likeness (QED) is 0.0431. The van der Waals surface area contributed by atoms with E-state index in [1.807, 2.05) is 23.9 Å². The largest absolute Gasteiger partial charge is 0.286 e. The first-order valence-corrected chi connectivity index (χ1v) is 36.2. The average Bonchev–Trinajstić information content (AvgIpc) is 1.39. The molecule has 34 rings (SSSR count). The van der Waals surface area contributed by atoms with Gasteiger partial charge in [-0.15, -0.1) is 11.8 Å². The third kappa shape index (κ3) is 2.50. The van der Waals surface area contributed by atoms with Gasteiger partial charge in [-0.2, -0.15) is 0 Å². The lowest BCUT2D eigenvalue weighted by Gasteiger charge is -2.49. The molecule has 0 saturated heterocycles. The molecule has 87 heavy (non-hydrogen) atoms. The van der Waals surface area contributed by atoms with E-state index in [1.54, 1.807) is 243 Å². The van der Waals surface area contributed by atoms with Crippen LogP contribution in [-0.4, -0.2) is 18.8 Å². The van der Waals surface area contributed by atoms with Crippen LogP contribution in [0.1, 0.15) is 45.9 Å². The van der Waals surface area contributed by atoms with Crippen molar-refractivity contribution in [1.82, 2.24) is 0 Å². The van der Waals surface area contributed by atoms with Crippen molar-refractivity contribution in [3.05, 3.63) is 91.5 Å². The lowest BCUT2D eigenvalue weighted by atomic mass is 9.49. The molecule has 0 unspecified atom stereocenters. The van der Waals surface area contributed by atoms with E-state index in [9.17, 15) is 10.1 Å². The zero-order valence-corrected chi connectivity index (χ0v) is 47.9. The van der Waals surface area contributed by atoms with Crippen LogP contribution in [0.15, 0.2) is 47.4 Å². The molecule has 4 aliphatic rings. The van der Waals surface area contributed by atoms with E-state index >= 15 is 0 Å². The van der Waals surface area contributed by atoms with Crippen molar-refractivity contribution in [2.75, 3.05) is 5.75 Å². The fraction of sp³-hybridized carbons (Fsp3) is 0.0976. The van der Waals surface area contributed by atoms with Gasteiger partial charge >= 0.3 is 0 Å². The molecule has 0 atom stereocenters. The molecule has 0 aromatic heterocycles. The first kappa shape index (κ1) is 37.4. The van der Waals surface area contributed by atoms with E-state index in [0.717, 1.165) is 11.3 Å². The van der Waals surface area contributed by atoms with Crippen LogP contribution in [-0.2, 0) is 10.8 Å². The Kier molecular flexibility index (Phi) is 4.01. The van der Waals surface area contributed by atoms with Crippen LogP contribution in [0, 0.1) is 33.8 Å². The fourth-order valence-corrected chi connectivity index (χ4v) is 29.6. The van der Waals surface area contributed by atoms with Crippen LogP contribution in [0.5, 0.6) is 0 Å². The summed E-state index contributed by atoms with van der Waals surface area (Å²) in [5.74, 6) is 16.2. The van der Waals surface area contributed by atoms with Gasteiger partial charge in [-0.3, -0.25) is 10.1 Å². The molecule has 4 aliphatic carbocycles. The Morgan fingerprint density at radius 1 is 0.368 bits per heavy atom. The number of rotatable bonds is 5. The highest BCUT2D eigenvalue weighted by Gasteiger charge is 2.68. The monoisotopic (exact) mass is 1110 g/mol. The van der Waals surface area contributed by atoms with Crippen LogP contribution in [0.4, 0.5) is 5.69 Å². The van der Waals surface area contributed by atoms with E-state index in [2.05, 4.69) is 74.5 Å². The molecule has 0 heterocycles. The van der Waals surface area contributed by atoms with Crippen molar-refractivity contribution < 1.29 is 4.92 Å². The van der Waals surface area contributed by atoms with Gasteiger partial charge in [0.1, 0.15) is 5.56 Å². The normalized spacial score (nSPS) is 19.6. The van der Waals surface area contributed by atoms with Crippen molar-refractivity contribution in [2.45, 2.75) is 48.3 Å². The van der Waals surface area contributed by atoms with E-state index in [0.29, 0.717) is 11.1 Å². The lowest BCUT2D eigenvalue weighted by Crippen LogP contribution is -2.49. The molecule has 0 spiro atoms. The van der Waals surface area contributed by atoms with E-state index in [1.165, 1.54) is 86.7 Å². The first-order valence-electron chi connectivity index (χ1n) is 31.5. The summed E-state index contributed by atoms with van der Waals surface area (Å²) in [5, 5.41) is 97.7. The topological polar surface area (TPSA) is 43.1 Å². The maximum absolute atomic E-state index is 13.5. The summed E-state index contributed by atoms with van der Waals surface area (Å²) in [5.41, 5.74) is 6.56. The van der Waals surface area contributed by atoms with Crippen LogP contribution >= 0.6 is 11.8 Å². The van der Waals surface area contributed by atoms with Crippen molar-refractivity contribution in [1.29, 1.82) is 0 Å². The molecule has 0 fully saturated rings. The van der Waals surface area contributed by atoms with Crippen molar-refractivity contribution in [2.24, 2.45) is 0 Å². The van der Waals surface area contributed by atoms with E-state index in [4.69, 9.17) is 0 Å². The molecule has 0 radical (unpaired) electrons. The minimum atomic E-state index is -1.13. The molecule has 0 aliphatic heterocycles. The second-order valence-corrected chi connectivity index (χ2v) is 37.6. The summed E-state index contributed by atoms with van der Waals surface area (Å²) < 4.78 is 0. The third-order valence-electron chi connectivity index (χ3n) is 27.7. The summed E-state index contributed by atoms with van der Waals surface area (Å²) in [6.45, 7) is 9.98. The number of nitro groups is 1. The predicted octanol–water partition coefficient (Wildman–Crippen LogP) is 22.1.